The van der Waals surface area contributed by atoms with Crippen molar-refractivity contribution in [3.05, 3.63) is 41.5 Å². The Hall–Kier alpha value is -1.11. The molecule has 1 aromatic carbocycles. The standard InChI is InChI=1S/C18H24N2O2S2/c21-17(20-12-14-6-8-19-9-7-14)13-22-16-4-2-15(3-5-16)18-23-10-1-11-24-18/h2-6,18-19H,1,7-13H2,(H,20,21). The monoisotopic (exact) mass is 364 g/mol. The number of carbonyl (C=O) groups excluding carboxylic acids is 1. The lowest BCUT2D eigenvalue weighted by atomic mass is 10.1. The first-order valence-corrected chi connectivity index (χ1v) is 10.5. The Kier molecular flexibility index (Phi) is 6.93. The summed E-state index contributed by atoms with van der Waals surface area (Å²) in [4.78, 5) is 11.9. The fourth-order valence-corrected chi connectivity index (χ4v) is 5.54. The highest BCUT2D eigenvalue weighted by atomic mass is 32.2. The molecular formula is C18H24N2O2S2. The average molecular weight is 365 g/mol. The van der Waals surface area contributed by atoms with Crippen LogP contribution in [0.3, 0.4) is 0 Å². The van der Waals surface area contributed by atoms with Crippen LogP contribution in [0.2, 0.25) is 0 Å². The summed E-state index contributed by atoms with van der Waals surface area (Å²) in [7, 11) is 0. The smallest absolute Gasteiger partial charge is 0.258 e. The minimum Gasteiger partial charge on any atom is -0.484 e. The van der Waals surface area contributed by atoms with Gasteiger partial charge in [0.15, 0.2) is 6.61 Å². The highest BCUT2D eigenvalue weighted by molar-refractivity contribution is 8.16. The Morgan fingerprint density at radius 1 is 1.25 bits per heavy atom. The molecule has 3 rings (SSSR count). The molecule has 1 amide bonds. The second-order valence-corrected chi connectivity index (χ2v) is 8.60. The van der Waals surface area contributed by atoms with Crippen molar-refractivity contribution < 1.29 is 9.53 Å². The zero-order chi connectivity index (χ0) is 16.6. The highest BCUT2D eigenvalue weighted by Crippen LogP contribution is 2.43. The topological polar surface area (TPSA) is 50.4 Å². The molecule has 0 aliphatic carbocycles. The quantitative estimate of drug-likeness (QED) is 0.760. The molecule has 24 heavy (non-hydrogen) atoms. The van der Waals surface area contributed by atoms with Crippen molar-refractivity contribution in [2.45, 2.75) is 17.4 Å². The van der Waals surface area contributed by atoms with Gasteiger partial charge in [-0.15, -0.1) is 23.5 Å². The zero-order valence-electron chi connectivity index (χ0n) is 13.8. The minimum atomic E-state index is -0.0723. The van der Waals surface area contributed by atoms with Crippen molar-refractivity contribution in [3.63, 3.8) is 0 Å². The summed E-state index contributed by atoms with van der Waals surface area (Å²) in [6.07, 6.45) is 4.44. The van der Waals surface area contributed by atoms with E-state index in [0.717, 1.165) is 25.3 Å². The predicted molar refractivity (Wildman–Crippen MR) is 103 cm³/mol. The molecule has 6 heteroatoms. The lowest BCUT2D eigenvalue weighted by Gasteiger charge is -2.21. The third kappa shape index (κ3) is 5.46. The van der Waals surface area contributed by atoms with Gasteiger partial charge < -0.3 is 15.4 Å². The van der Waals surface area contributed by atoms with Crippen LogP contribution in [0.1, 0.15) is 23.0 Å². The summed E-state index contributed by atoms with van der Waals surface area (Å²) in [5, 5.41) is 6.18. The van der Waals surface area contributed by atoms with Gasteiger partial charge in [-0.3, -0.25) is 4.79 Å². The summed E-state index contributed by atoms with van der Waals surface area (Å²) in [6.45, 7) is 2.57. The maximum absolute atomic E-state index is 11.9. The van der Waals surface area contributed by atoms with E-state index in [1.807, 2.05) is 35.7 Å². The van der Waals surface area contributed by atoms with E-state index >= 15 is 0 Å². The first-order chi connectivity index (χ1) is 11.8. The molecule has 2 aliphatic heterocycles. The van der Waals surface area contributed by atoms with Crippen molar-refractivity contribution in [2.75, 3.05) is 37.7 Å². The fourth-order valence-electron chi connectivity index (χ4n) is 2.64. The van der Waals surface area contributed by atoms with Crippen molar-refractivity contribution in [1.29, 1.82) is 0 Å². The van der Waals surface area contributed by atoms with Crippen molar-refractivity contribution in [3.8, 4) is 5.75 Å². The number of amides is 1. The lowest BCUT2D eigenvalue weighted by molar-refractivity contribution is -0.122. The number of hydrogen-bond acceptors (Lipinski definition) is 5. The zero-order valence-corrected chi connectivity index (χ0v) is 15.4. The number of thioether (sulfide) groups is 2. The minimum absolute atomic E-state index is 0.0673. The van der Waals surface area contributed by atoms with Crippen LogP contribution in [0.4, 0.5) is 0 Å². The van der Waals surface area contributed by atoms with Crippen LogP contribution in [0.5, 0.6) is 5.75 Å². The van der Waals surface area contributed by atoms with E-state index in [1.165, 1.54) is 29.1 Å². The molecule has 0 spiro atoms. The van der Waals surface area contributed by atoms with Gasteiger partial charge in [-0.2, -0.15) is 0 Å². The van der Waals surface area contributed by atoms with Crippen LogP contribution in [0.25, 0.3) is 0 Å². The van der Waals surface area contributed by atoms with Crippen molar-refractivity contribution >= 4 is 29.4 Å². The Morgan fingerprint density at radius 3 is 2.75 bits per heavy atom. The highest BCUT2D eigenvalue weighted by Gasteiger charge is 2.16. The molecule has 0 atom stereocenters. The molecule has 0 unspecified atom stereocenters. The number of hydrogen-bond donors (Lipinski definition) is 2. The summed E-state index contributed by atoms with van der Waals surface area (Å²) in [5.41, 5.74) is 2.62. The number of benzene rings is 1. The fraction of sp³-hybridized carbons (Fsp3) is 0.500. The first-order valence-electron chi connectivity index (χ1n) is 8.42. The van der Waals surface area contributed by atoms with Crippen LogP contribution in [-0.2, 0) is 4.79 Å². The van der Waals surface area contributed by atoms with Gasteiger partial charge in [-0.1, -0.05) is 23.8 Å². The van der Waals surface area contributed by atoms with Crippen molar-refractivity contribution in [1.82, 2.24) is 10.6 Å². The lowest BCUT2D eigenvalue weighted by Crippen LogP contribution is -2.32. The molecular weight excluding hydrogens is 340 g/mol. The van der Waals surface area contributed by atoms with Gasteiger partial charge in [-0.05, 0) is 48.6 Å². The van der Waals surface area contributed by atoms with Gasteiger partial charge in [0, 0.05) is 13.1 Å². The van der Waals surface area contributed by atoms with E-state index in [9.17, 15) is 4.79 Å². The first kappa shape index (κ1) is 17.7. The van der Waals surface area contributed by atoms with Crippen LogP contribution in [0, 0.1) is 0 Å². The molecule has 2 N–H and O–H groups in total. The molecule has 1 fully saturated rings. The van der Waals surface area contributed by atoms with Gasteiger partial charge in [-0.25, -0.2) is 0 Å². The van der Waals surface area contributed by atoms with E-state index in [1.54, 1.807) is 0 Å². The van der Waals surface area contributed by atoms with Crippen LogP contribution in [0.15, 0.2) is 35.9 Å². The normalized spacial score (nSPS) is 18.8. The summed E-state index contributed by atoms with van der Waals surface area (Å²) < 4.78 is 6.13. The number of ether oxygens (including phenoxy) is 1. The SMILES string of the molecule is O=C(COc1ccc(C2SCCCS2)cc1)NCC1=CCNCC1. The van der Waals surface area contributed by atoms with Gasteiger partial charge in [0.1, 0.15) is 5.75 Å². The molecule has 0 radical (unpaired) electrons. The summed E-state index contributed by atoms with van der Waals surface area (Å²) >= 11 is 4.02. The molecule has 2 aliphatic rings. The maximum Gasteiger partial charge on any atom is 0.258 e. The average Bonchev–Trinajstić information content (AvgIpc) is 2.67. The van der Waals surface area contributed by atoms with E-state index in [-0.39, 0.29) is 12.5 Å². The molecule has 0 bridgehead atoms. The number of rotatable bonds is 6. The second-order valence-electron chi connectivity index (χ2n) is 5.88. The molecule has 4 nitrogen and oxygen atoms in total. The van der Waals surface area contributed by atoms with Gasteiger partial charge in [0.25, 0.3) is 5.91 Å². The molecule has 1 aromatic rings. The van der Waals surface area contributed by atoms with Gasteiger partial charge >= 0.3 is 0 Å². The Bertz CT molecular complexity index is 569. The van der Waals surface area contributed by atoms with Gasteiger partial charge in [0.2, 0.25) is 0 Å². The van der Waals surface area contributed by atoms with E-state index in [4.69, 9.17) is 4.74 Å². The molecule has 0 aromatic heterocycles. The van der Waals surface area contributed by atoms with Gasteiger partial charge in [0.05, 0.1) is 4.58 Å². The summed E-state index contributed by atoms with van der Waals surface area (Å²) in [5.74, 6) is 3.16. The number of carbonyl (C=O) groups is 1. The predicted octanol–water partition coefficient (Wildman–Crippen LogP) is 2.97. The maximum atomic E-state index is 11.9. The molecule has 1 saturated heterocycles. The van der Waals surface area contributed by atoms with Crippen LogP contribution >= 0.6 is 23.5 Å². The van der Waals surface area contributed by atoms with E-state index in [0.29, 0.717) is 11.1 Å². The van der Waals surface area contributed by atoms with E-state index < -0.39 is 0 Å². The Balaban J connectivity index is 1.40. The van der Waals surface area contributed by atoms with Crippen molar-refractivity contribution in [2.24, 2.45) is 0 Å². The second kappa shape index (κ2) is 9.39. The van der Waals surface area contributed by atoms with E-state index in [2.05, 4.69) is 28.8 Å². The molecule has 2 heterocycles. The van der Waals surface area contributed by atoms with Crippen LogP contribution < -0.4 is 15.4 Å². The molecule has 130 valence electrons. The third-order valence-corrected chi connectivity index (χ3v) is 7.03. The Labute approximate surface area is 152 Å². The summed E-state index contributed by atoms with van der Waals surface area (Å²) in [6, 6.07) is 8.16. The van der Waals surface area contributed by atoms with Crippen LogP contribution in [-0.4, -0.2) is 43.7 Å². The molecule has 0 saturated carbocycles. The third-order valence-electron chi connectivity index (χ3n) is 4.02. The number of nitrogens with one attached hydrogen (secondary N) is 2. The largest absolute Gasteiger partial charge is 0.484 e. The Morgan fingerprint density at radius 2 is 2.04 bits per heavy atom.